The van der Waals surface area contributed by atoms with Gasteiger partial charge in [0.2, 0.25) is 0 Å². The lowest BCUT2D eigenvalue weighted by atomic mass is 10.0. The van der Waals surface area contributed by atoms with E-state index in [0.29, 0.717) is 35.8 Å². The van der Waals surface area contributed by atoms with Gasteiger partial charge in [-0.15, -0.1) is 11.6 Å². The number of anilines is 2. The first kappa shape index (κ1) is 23.0. The highest BCUT2D eigenvalue weighted by Gasteiger charge is 2.20. The van der Waals surface area contributed by atoms with E-state index < -0.39 is 5.91 Å². The molecule has 1 amide bonds. The largest absolute Gasteiger partial charge is 0.507 e. The Balaban J connectivity index is 1.46. The molecule has 5 N–H and O–H groups in total. The van der Waals surface area contributed by atoms with Crippen molar-refractivity contribution in [2.45, 2.75) is 45.0 Å². The lowest BCUT2D eigenvalue weighted by Gasteiger charge is -2.31. The Labute approximate surface area is 198 Å². The zero-order valence-electron chi connectivity index (χ0n) is 19.0. The van der Waals surface area contributed by atoms with Gasteiger partial charge in [-0.05, 0) is 61.1 Å². The smallest absolute Gasteiger partial charge is 0.254 e. The number of benzene rings is 2. The molecule has 1 aliphatic rings. The Morgan fingerprint density at radius 2 is 1.82 bits per heavy atom. The summed E-state index contributed by atoms with van der Waals surface area (Å²) in [6, 6.07) is 12.2. The van der Waals surface area contributed by atoms with E-state index in [9.17, 15) is 9.90 Å². The fourth-order valence-electron chi connectivity index (χ4n) is 4.37. The van der Waals surface area contributed by atoms with Crippen LogP contribution in [0.15, 0.2) is 36.4 Å². The number of hydrogen-bond donors (Lipinski definition) is 4. The molecule has 0 bridgehead atoms. The standard InChI is InChI=1S/C25H30ClN5O2/c1-15-11-18(12-16(2)23(15)32)14-28-25-22(24(27)33)21(29-30-25)13-17-3-5-20(6-4-17)31-9-7-19(26)8-10-31/h3-6,11-12,19,32H,7-10,13-14H2,1-2H3,(H2,27,33)(H2,28,29,30). The van der Waals surface area contributed by atoms with E-state index in [2.05, 4.69) is 44.7 Å². The minimum atomic E-state index is -0.528. The summed E-state index contributed by atoms with van der Waals surface area (Å²) in [5, 5.41) is 20.7. The van der Waals surface area contributed by atoms with Gasteiger partial charge in [0.25, 0.3) is 5.91 Å². The first-order valence-electron chi connectivity index (χ1n) is 11.2. The molecule has 2 heterocycles. The monoisotopic (exact) mass is 467 g/mol. The molecule has 7 nitrogen and oxygen atoms in total. The van der Waals surface area contributed by atoms with Crippen LogP contribution >= 0.6 is 11.6 Å². The van der Waals surface area contributed by atoms with Gasteiger partial charge in [0, 0.05) is 37.1 Å². The van der Waals surface area contributed by atoms with Crippen molar-refractivity contribution < 1.29 is 9.90 Å². The van der Waals surface area contributed by atoms with E-state index in [-0.39, 0.29) is 5.38 Å². The number of carbonyl (C=O) groups is 1. The number of halogens is 1. The number of aryl methyl sites for hydroxylation is 2. The van der Waals surface area contributed by atoms with E-state index >= 15 is 0 Å². The quantitative estimate of drug-likeness (QED) is 0.389. The summed E-state index contributed by atoms with van der Waals surface area (Å²) in [6.07, 6.45) is 2.52. The van der Waals surface area contributed by atoms with Crippen LogP contribution < -0.4 is 16.0 Å². The third kappa shape index (κ3) is 5.25. The number of aromatic amines is 1. The number of phenolic OH excluding ortho intramolecular Hbond substituents is 1. The van der Waals surface area contributed by atoms with Crippen LogP contribution in [0.2, 0.25) is 0 Å². The summed E-state index contributed by atoms with van der Waals surface area (Å²) >= 11 is 6.22. The van der Waals surface area contributed by atoms with Gasteiger partial charge in [0.15, 0.2) is 5.82 Å². The van der Waals surface area contributed by atoms with Crippen LogP contribution in [0.5, 0.6) is 5.75 Å². The van der Waals surface area contributed by atoms with Gasteiger partial charge >= 0.3 is 0 Å². The van der Waals surface area contributed by atoms with E-state index in [1.54, 1.807) is 0 Å². The molecular weight excluding hydrogens is 438 g/mol. The van der Waals surface area contributed by atoms with Gasteiger partial charge in [0.1, 0.15) is 11.3 Å². The molecule has 0 atom stereocenters. The molecule has 1 fully saturated rings. The Morgan fingerprint density at radius 1 is 1.18 bits per heavy atom. The number of H-pyrrole nitrogens is 1. The van der Waals surface area contributed by atoms with E-state index in [0.717, 1.165) is 48.2 Å². The first-order valence-corrected chi connectivity index (χ1v) is 11.6. The summed E-state index contributed by atoms with van der Waals surface area (Å²) in [5.41, 5.74) is 11.6. The van der Waals surface area contributed by atoms with E-state index in [1.165, 1.54) is 5.69 Å². The number of aromatic hydroxyl groups is 1. The molecule has 0 saturated carbocycles. The second-order valence-electron chi connectivity index (χ2n) is 8.73. The van der Waals surface area contributed by atoms with Crippen LogP contribution in [0.4, 0.5) is 11.5 Å². The van der Waals surface area contributed by atoms with Gasteiger partial charge in [-0.2, -0.15) is 5.10 Å². The number of primary amides is 1. The molecule has 1 aliphatic heterocycles. The zero-order chi connectivity index (χ0) is 23.5. The first-order chi connectivity index (χ1) is 15.8. The summed E-state index contributed by atoms with van der Waals surface area (Å²) in [5.74, 6) is 0.203. The Kier molecular flexibility index (Phi) is 6.79. The normalized spacial score (nSPS) is 14.5. The number of nitrogens with one attached hydrogen (secondary N) is 2. The van der Waals surface area contributed by atoms with E-state index in [1.807, 2.05) is 26.0 Å². The number of carbonyl (C=O) groups excluding carboxylic acids is 1. The molecule has 1 aromatic heterocycles. The highest BCUT2D eigenvalue weighted by Crippen LogP contribution is 2.26. The molecule has 2 aromatic carbocycles. The van der Waals surface area contributed by atoms with Gasteiger partial charge < -0.3 is 21.1 Å². The molecule has 1 saturated heterocycles. The van der Waals surface area contributed by atoms with Crippen molar-refractivity contribution in [2.75, 3.05) is 23.3 Å². The zero-order valence-corrected chi connectivity index (χ0v) is 19.7. The number of amides is 1. The molecule has 174 valence electrons. The van der Waals surface area contributed by atoms with Crippen molar-refractivity contribution >= 4 is 29.0 Å². The maximum absolute atomic E-state index is 12.2. The van der Waals surface area contributed by atoms with Crippen molar-refractivity contribution in [3.8, 4) is 5.75 Å². The molecule has 3 aromatic rings. The third-order valence-electron chi connectivity index (χ3n) is 6.21. The van der Waals surface area contributed by atoms with E-state index in [4.69, 9.17) is 17.3 Å². The highest BCUT2D eigenvalue weighted by molar-refractivity contribution is 6.20. The van der Waals surface area contributed by atoms with Gasteiger partial charge in [-0.25, -0.2) is 0 Å². The fourth-order valence-corrected chi connectivity index (χ4v) is 4.56. The maximum atomic E-state index is 12.2. The van der Waals surface area contributed by atoms with Crippen molar-refractivity contribution in [3.63, 3.8) is 0 Å². The summed E-state index contributed by atoms with van der Waals surface area (Å²) < 4.78 is 0. The molecule has 0 unspecified atom stereocenters. The Hall–Kier alpha value is -3.19. The van der Waals surface area contributed by atoms with Gasteiger partial charge in [0.05, 0.1) is 5.69 Å². The number of piperidine rings is 1. The number of aromatic nitrogens is 2. The Morgan fingerprint density at radius 3 is 2.42 bits per heavy atom. The molecule has 0 aliphatic carbocycles. The topological polar surface area (TPSA) is 107 Å². The maximum Gasteiger partial charge on any atom is 0.254 e. The summed E-state index contributed by atoms with van der Waals surface area (Å²) in [4.78, 5) is 14.6. The average Bonchev–Trinajstić information content (AvgIpc) is 3.19. The second-order valence-corrected chi connectivity index (χ2v) is 9.34. The molecule has 4 rings (SSSR count). The Bertz CT molecular complexity index is 1110. The van der Waals surface area contributed by atoms with Crippen LogP contribution in [-0.4, -0.2) is 39.7 Å². The van der Waals surface area contributed by atoms with Crippen molar-refractivity contribution in [2.24, 2.45) is 5.73 Å². The molecular formula is C25H30ClN5O2. The molecule has 0 spiro atoms. The minimum Gasteiger partial charge on any atom is -0.507 e. The van der Waals surface area contributed by atoms with Crippen LogP contribution in [0.25, 0.3) is 0 Å². The lowest BCUT2D eigenvalue weighted by molar-refractivity contribution is 0.100. The SMILES string of the molecule is Cc1cc(CNc2n[nH]c(Cc3ccc(N4CCC(Cl)CC4)cc3)c2C(N)=O)cc(C)c1O. The number of alkyl halides is 1. The highest BCUT2D eigenvalue weighted by atomic mass is 35.5. The van der Waals surface area contributed by atoms with Crippen LogP contribution in [-0.2, 0) is 13.0 Å². The van der Waals surface area contributed by atoms with Crippen LogP contribution in [0.3, 0.4) is 0 Å². The summed E-state index contributed by atoms with van der Waals surface area (Å²) in [6.45, 7) is 6.11. The average molecular weight is 468 g/mol. The number of hydrogen-bond acceptors (Lipinski definition) is 5. The van der Waals surface area contributed by atoms with Crippen LogP contribution in [0.1, 0.15) is 51.1 Å². The van der Waals surface area contributed by atoms with Crippen molar-refractivity contribution in [1.82, 2.24) is 10.2 Å². The molecule has 0 radical (unpaired) electrons. The second kappa shape index (κ2) is 9.75. The predicted octanol–water partition coefficient (Wildman–Crippen LogP) is 4.24. The number of nitrogens with zero attached hydrogens (tertiary/aromatic N) is 2. The lowest BCUT2D eigenvalue weighted by Crippen LogP contribution is -2.33. The fraction of sp³-hybridized carbons (Fsp3) is 0.360. The number of rotatable bonds is 7. The predicted molar refractivity (Wildman–Crippen MR) is 132 cm³/mol. The minimum absolute atomic E-state index is 0.276. The van der Waals surface area contributed by atoms with Crippen LogP contribution in [0, 0.1) is 13.8 Å². The number of phenols is 1. The van der Waals surface area contributed by atoms with Gasteiger partial charge in [-0.3, -0.25) is 9.89 Å². The number of nitrogens with two attached hydrogens (primary N) is 1. The van der Waals surface area contributed by atoms with Crippen molar-refractivity contribution in [1.29, 1.82) is 0 Å². The summed E-state index contributed by atoms with van der Waals surface area (Å²) in [7, 11) is 0. The van der Waals surface area contributed by atoms with Gasteiger partial charge in [-0.1, -0.05) is 24.3 Å². The third-order valence-corrected chi connectivity index (χ3v) is 6.64. The van der Waals surface area contributed by atoms with Crippen molar-refractivity contribution in [3.05, 3.63) is 69.9 Å². The molecule has 8 heteroatoms. The molecule has 33 heavy (non-hydrogen) atoms.